The molecule has 0 fully saturated rings. The molecule has 2 aromatic rings. The fraction of sp³-hybridized carbons (Fsp3) is 0.278. The van der Waals surface area contributed by atoms with Crippen molar-refractivity contribution in [3.8, 4) is 11.5 Å². The van der Waals surface area contributed by atoms with E-state index in [0.717, 1.165) is 0 Å². The van der Waals surface area contributed by atoms with Crippen LogP contribution in [0.4, 0.5) is 5.69 Å². The number of ether oxygens (including phenoxy) is 2. The molecule has 7 heteroatoms. The third-order valence-electron chi connectivity index (χ3n) is 3.21. The van der Waals surface area contributed by atoms with Gasteiger partial charge >= 0.3 is 0 Å². The Kier molecular flexibility index (Phi) is 8.03. The highest BCUT2D eigenvalue weighted by atomic mass is 35.5. The van der Waals surface area contributed by atoms with Crippen LogP contribution in [0.5, 0.6) is 11.5 Å². The van der Waals surface area contributed by atoms with Crippen molar-refractivity contribution in [1.29, 1.82) is 0 Å². The van der Waals surface area contributed by atoms with Crippen LogP contribution in [0, 0.1) is 0 Å². The molecule has 2 aromatic carbocycles. The molecule has 3 N–H and O–H groups in total. The van der Waals surface area contributed by atoms with Gasteiger partial charge in [0.25, 0.3) is 5.91 Å². The molecule has 0 atom stereocenters. The summed E-state index contributed by atoms with van der Waals surface area (Å²) in [5.74, 6) is 0.971. The van der Waals surface area contributed by atoms with E-state index in [2.05, 4.69) is 5.32 Å². The number of halogens is 2. The van der Waals surface area contributed by atoms with E-state index >= 15 is 0 Å². The van der Waals surface area contributed by atoms with Crippen molar-refractivity contribution in [2.45, 2.75) is 19.4 Å². The Morgan fingerprint density at radius 3 is 2.44 bits per heavy atom. The Bertz CT molecular complexity index is 691. The zero-order valence-corrected chi connectivity index (χ0v) is 15.7. The maximum atomic E-state index is 12.5. The Morgan fingerprint density at radius 2 is 1.84 bits per heavy atom. The minimum absolute atomic E-state index is 0. The molecule has 0 aliphatic rings. The normalized spacial score (nSPS) is 10.6. The van der Waals surface area contributed by atoms with Gasteiger partial charge in [0.2, 0.25) is 0 Å². The van der Waals surface area contributed by atoms with Crippen LogP contribution in [0.2, 0.25) is 5.02 Å². The smallest absolute Gasteiger partial charge is 0.267 e. The number of rotatable bonds is 7. The second kappa shape index (κ2) is 9.51. The first-order chi connectivity index (χ1) is 11.4. The van der Waals surface area contributed by atoms with Crippen LogP contribution in [0.25, 0.3) is 0 Å². The van der Waals surface area contributed by atoms with Gasteiger partial charge in [0, 0.05) is 17.3 Å². The van der Waals surface area contributed by atoms with Gasteiger partial charge in [-0.3, -0.25) is 4.79 Å². The summed E-state index contributed by atoms with van der Waals surface area (Å²) in [5, 5.41) is 3.38. The molecular weight excluding hydrogens is 363 g/mol. The van der Waals surface area contributed by atoms with E-state index in [1.807, 2.05) is 0 Å². The summed E-state index contributed by atoms with van der Waals surface area (Å²) in [6, 6.07) is 14.0. The van der Waals surface area contributed by atoms with Crippen molar-refractivity contribution >= 4 is 35.6 Å². The van der Waals surface area contributed by atoms with Gasteiger partial charge in [0.05, 0.1) is 0 Å². The SMILES string of the molecule is CC(C)(Oc1cccc(Cl)c1)C(=O)Nc1ccc(OCCN)cc1.Cl. The highest BCUT2D eigenvalue weighted by Gasteiger charge is 2.30. The number of carbonyl (C=O) groups excluding carboxylic acids is 1. The summed E-state index contributed by atoms with van der Waals surface area (Å²) in [6.45, 7) is 4.30. The number of amides is 1. The summed E-state index contributed by atoms with van der Waals surface area (Å²) < 4.78 is 11.2. The topological polar surface area (TPSA) is 73.6 Å². The van der Waals surface area contributed by atoms with Gasteiger partial charge in [-0.1, -0.05) is 17.7 Å². The zero-order valence-electron chi connectivity index (χ0n) is 14.1. The Morgan fingerprint density at radius 1 is 1.16 bits per heavy atom. The fourth-order valence-electron chi connectivity index (χ4n) is 1.96. The van der Waals surface area contributed by atoms with Gasteiger partial charge in [-0.15, -0.1) is 12.4 Å². The van der Waals surface area contributed by atoms with E-state index < -0.39 is 5.60 Å². The lowest BCUT2D eigenvalue weighted by Crippen LogP contribution is -2.42. The van der Waals surface area contributed by atoms with Crippen LogP contribution >= 0.6 is 24.0 Å². The molecule has 0 saturated carbocycles. The second-order valence-electron chi connectivity index (χ2n) is 5.69. The van der Waals surface area contributed by atoms with Crippen LogP contribution in [0.3, 0.4) is 0 Å². The molecule has 0 bridgehead atoms. The molecule has 0 radical (unpaired) electrons. The zero-order chi connectivity index (χ0) is 17.6. The molecule has 0 unspecified atom stereocenters. The van der Waals surface area contributed by atoms with E-state index in [4.69, 9.17) is 26.8 Å². The van der Waals surface area contributed by atoms with Gasteiger partial charge in [-0.25, -0.2) is 0 Å². The van der Waals surface area contributed by atoms with Crippen molar-refractivity contribution < 1.29 is 14.3 Å². The quantitative estimate of drug-likeness (QED) is 0.758. The predicted molar refractivity (Wildman–Crippen MR) is 103 cm³/mol. The van der Waals surface area contributed by atoms with E-state index in [-0.39, 0.29) is 18.3 Å². The van der Waals surface area contributed by atoms with Gasteiger partial charge in [0.15, 0.2) is 5.60 Å². The van der Waals surface area contributed by atoms with Crippen molar-refractivity contribution in [2.75, 3.05) is 18.5 Å². The van der Waals surface area contributed by atoms with E-state index in [1.54, 1.807) is 62.4 Å². The fourth-order valence-corrected chi connectivity index (χ4v) is 2.14. The Balaban J connectivity index is 0.00000312. The molecule has 136 valence electrons. The minimum Gasteiger partial charge on any atom is -0.492 e. The first-order valence-electron chi connectivity index (χ1n) is 7.60. The number of nitrogens with two attached hydrogens (primary N) is 1. The maximum absolute atomic E-state index is 12.5. The van der Waals surface area contributed by atoms with Gasteiger partial charge in [0.1, 0.15) is 18.1 Å². The van der Waals surface area contributed by atoms with Gasteiger partial charge in [-0.2, -0.15) is 0 Å². The van der Waals surface area contributed by atoms with Crippen LogP contribution in [0.15, 0.2) is 48.5 Å². The number of benzene rings is 2. The lowest BCUT2D eigenvalue weighted by molar-refractivity contribution is -0.128. The largest absolute Gasteiger partial charge is 0.492 e. The molecule has 0 saturated heterocycles. The first kappa shape index (κ1) is 21.1. The number of anilines is 1. The van der Waals surface area contributed by atoms with E-state index in [9.17, 15) is 4.79 Å². The molecule has 0 aliphatic heterocycles. The second-order valence-corrected chi connectivity index (χ2v) is 6.12. The molecule has 5 nitrogen and oxygen atoms in total. The van der Waals surface area contributed by atoms with Crippen LogP contribution in [-0.4, -0.2) is 24.7 Å². The molecule has 25 heavy (non-hydrogen) atoms. The molecule has 0 aromatic heterocycles. The lowest BCUT2D eigenvalue weighted by atomic mass is 10.1. The van der Waals surface area contributed by atoms with E-state index in [0.29, 0.717) is 35.4 Å². The Labute approximate surface area is 158 Å². The number of carbonyl (C=O) groups is 1. The van der Waals surface area contributed by atoms with Crippen LogP contribution in [-0.2, 0) is 4.79 Å². The minimum atomic E-state index is -1.06. The lowest BCUT2D eigenvalue weighted by Gasteiger charge is -2.25. The highest BCUT2D eigenvalue weighted by molar-refractivity contribution is 6.30. The average molecular weight is 385 g/mol. The number of nitrogens with one attached hydrogen (secondary N) is 1. The summed E-state index contributed by atoms with van der Waals surface area (Å²) in [5.41, 5.74) is 4.99. The van der Waals surface area contributed by atoms with Crippen molar-refractivity contribution in [1.82, 2.24) is 0 Å². The average Bonchev–Trinajstić information content (AvgIpc) is 2.53. The summed E-state index contributed by atoms with van der Waals surface area (Å²) in [4.78, 5) is 12.5. The number of hydrogen-bond acceptors (Lipinski definition) is 4. The number of hydrogen-bond donors (Lipinski definition) is 2. The molecule has 1 amide bonds. The highest BCUT2D eigenvalue weighted by Crippen LogP contribution is 2.23. The predicted octanol–water partition coefficient (Wildman–Crippen LogP) is 3.90. The standard InChI is InChI=1S/C18H21ClN2O3.ClH/c1-18(2,24-16-5-3-4-13(19)12-16)17(22)21-14-6-8-15(9-7-14)23-11-10-20;/h3-9,12H,10-11,20H2,1-2H3,(H,21,22);1H. The first-order valence-corrected chi connectivity index (χ1v) is 7.97. The Hall–Kier alpha value is -1.95. The van der Waals surface area contributed by atoms with Gasteiger partial charge in [-0.05, 0) is 56.3 Å². The summed E-state index contributed by atoms with van der Waals surface area (Å²) in [7, 11) is 0. The molecule has 0 heterocycles. The van der Waals surface area contributed by atoms with Gasteiger partial charge < -0.3 is 20.5 Å². The summed E-state index contributed by atoms with van der Waals surface area (Å²) >= 11 is 5.93. The summed E-state index contributed by atoms with van der Waals surface area (Å²) in [6.07, 6.45) is 0. The molecule has 2 rings (SSSR count). The molecule has 0 aliphatic carbocycles. The third kappa shape index (κ3) is 6.46. The third-order valence-corrected chi connectivity index (χ3v) is 3.45. The van der Waals surface area contributed by atoms with Crippen molar-refractivity contribution in [2.24, 2.45) is 5.73 Å². The van der Waals surface area contributed by atoms with E-state index in [1.165, 1.54) is 0 Å². The van der Waals surface area contributed by atoms with Crippen LogP contribution < -0.4 is 20.5 Å². The van der Waals surface area contributed by atoms with Crippen molar-refractivity contribution in [3.63, 3.8) is 0 Å². The molecule has 0 spiro atoms. The molecular formula is C18H22Cl2N2O3. The maximum Gasteiger partial charge on any atom is 0.267 e. The van der Waals surface area contributed by atoms with Crippen molar-refractivity contribution in [3.05, 3.63) is 53.6 Å². The monoisotopic (exact) mass is 384 g/mol. The van der Waals surface area contributed by atoms with Crippen LogP contribution in [0.1, 0.15) is 13.8 Å².